The predicted octanol–water partition coefficient (Wildman–Crippen LogP) is 3.10. The number of amides is 1. The van der Waals surface area contributed by atoms with Crippen LogP contribution in [0, 0.1) is 5.92 Å². The Balaban J connectivity index is 1.84. The van der Waals surface area contributed by atoms with E-state index in [2.05, 4.69) is 24.0 Å². The van der Waals surface area contributed by atoms with Gasteiger partial charge in [0.1, 0.15) is 5.69 Å². The van der Waals surface area contributed by atoms with Crippen molar-refractivity contribution >= 4 is 11.6 Å². The molecular weight excluding hydrogens is 274 g/mol. The van der Waals surface area contributed by atoms with E-state index >= 15 is 0 Å². The lowest BCUT2D eigenvalue weighted by atomic mass is 10.1. The molecule has 1 heterocycles. The lowest BCUT2D eigenvalue weighted by Gasteiger charge is -2.29. The molecule has 1 unspecified atom stereocenters. The van der Waals surface area contributed by atoms with Crippen LogP contribution in [0.1, 0.15) is 35.8 Å². The Kier molecular flexibility index (Phi) is 4.09. The van der Waals surface area contributed by atoms with Crippen molar-refractivity contribution in [3.8, 4) is 0 Å². The fourth-order valence-corrected chi connectivity index (χ4v) is 2.69. The number of rotatable bonds is 5. The molecule has 0 aliphatic heterocycles. The Labute approximate surface area is 131 Å². The maximum atomic E-state index is 12.9. The highest BCUT2D eigenvalue weighted by atomic mass is 16.2. The first-order valence-corrected chi connectivity index (χ1v) is 7.71. The fourth-order valence-electron chi connectivity index (χ4n) is 2.69. The van der Waals surface area contributed by atoms with Crippen LogP contribution in [0.3, 0.4) is 0 Å². The molecule has 1 aliphatic rings. The summed E-state index contributed by atoms with van der Waals surface area (Å²) >= 11 is 0. The summed E-state index contributed by atoms with van der Waals surface area (Å²) in [5.74, 6) is 0.588. The van der Waals surface area contributed by atoms with E-state index < -0.39 is 0 Å². The van der Waals surface area contributed by atoms with E-state index in [1.54, 1.807) is 12.1 Å². The van der Waals surface area contributed by atoms with Gasteiger partial charge in [0.05, 0.1) is 11.9 Å². The lowest BCUT2D eigenvalue weighted by Crippen LogP contribution is -2.39. The lowest BCUT2D eigenvalue weighted by molar-refractivity contribution is 0.0648. The maximum Gasteiger partial charge on any atom is 0.272 e. The molecule has 4 nitrogen and oxygen atoms in total. The molecule has 1 fully saturated rings. The van der Waals surface area contributed by atoms with Gasteiger partial charge in [-0.3, -0.25) is 4.79 Å². The average Bonchev–Trinajstić information content (AvgIpc) is 3.38. The van der Waals surface area contributed by atoms with E-state index in [0.29, 0.717) is 23.8 Å². The number of nitrogens with zero attached hydrogens (tertiary/aromatic N) is 2. The van der Waals surface area contributed by atoms with Gasteiger partial charge in [-0.25, -0.2) is 4.98 Å². The van der Waals surface area contributed by atoms with Gasteiger partial charge in [0.2, 0.25) is 0 Å². The summed E-state index contributed by atoms with van der Waals surface area (Å²) in [6, 6.07) is 13.8. The monoisotopic (exact) mass is 295 g/mol. The van der Waals surface area contributed by atoms with Crippen LogP contribution in [0.5, 0.6) is 0 Å². The molecule has 114 valence electrons. The van der Waals surface area contributed by atoms with Gasteiger partial charge in [0, 0.05) is 12.6 Å². The highest BCUT2D eigenvalue weighted by molar-refractivity contribution is 5.92. The number of benzene rings is 1. The molecule has 0 bridgehead atoms. The van der Waals surface area contributed by atoms with Crippen LogP contribution in [0.2, 0.25) is 0 Å². The van der Waals surface area contributed by atoms with Crippen molar-refractivity contribution in [2.45, 2.75) is 32.4 Å². The topological polar surface area (TPSA) is 59.2 Å². The number of pyridine rings is 1. The molecule has 0 radical (unpaired) electrons. The number of carbonyl (C=O) groups excluding carboxylic acids is 1. The normalized spacial score (nSPS) is 15.3. The van der Waals surface area contributed by atoms with E-state index in [4.69, 9.17) is 5.73 Å². The van der Waals surface area contributed by atoms with E-state index in [9.17, 15) is 4.79 Å². The Morgan fingerprint density at radius 1 is 1.27 bits per heavy atom. The summed E-state index contributed by atoms with van der Waals surface area (Å²) < 4.78 is 0. The Hall–Kier alpha value is -2.36. The first kappa shape index (κ1) is 14.6. The van der Waals surface area contributed by atoms with Gasteiger partial charge in [0.25, 0.3) is 5.91 Å². The minimum absolute atomic E-state index is 0.0248. The quantitative estimate of drug-likeness (QED) is 0.922. The molecule has 3 rings (SSSR count). The van der Waals surface area contributed by atoms with Crippen LogP contribution in [0.15, 0.2) is 48.7 Å². The van der Waals surface area contributed by atoms with E-state index in [-0.39, 0.29) is 11.9 Å². The molecule has 1 aliphatic carbocycles. The molecule has 1 saturated carbocycles. The van der Waals surface area contributed by atoms with Crippen LogP contribution in [0.4, 0.5) is 5.69 Å². The molecule has 1 aromatic heterocycles. The Bertz CT molecular complexity index is 635. The molecule has 2 N–H and O–H groups in total. The number of nitrogen functional groups attached to an aromatic ring is 1. The van der Waals surface area contributed by atoms with Crippen LogP contribution in [-0.2, 0) is 6.54 Å². The minimum Gasteiger partial charge on any atom is -0.397 e. The molecule has 22 heavy (non-hydrogen) atoms. The van der Waals surface area contributed by atoms with Gasteiger partial charge in [-0.15, -0.1) is 0 Å². The number of hydrogen-bond donors (Lipinski definition) is 1. The largest absolute Gasteiger partial charge is 0.397 e. The van der Waals surface area contributed by atoms with Crippen molar-refractivity contribution in [2.75, 3.05) is 5.73 Å². The molecule has 0 spiro atoms. The van der Waals surface area contributed by atoms with Crippen LogP contribution in [-0.4, -0.2) is 21.8 Å². The molecule has 2 aromatic rings. The summed E-state index contributed by atoms with van der Waals surface area (Å²) in [5, 5.41) is 0. The summed E-state index contributed by atoms with van der Waals surface area (Å²) in [5.41, 5.74) is 7.82. The first-order chi connectivity index (χ1) is 10.6. The van der Waals surface area contributed by atoms with Crippen molar-refractivity contribution in [3.63, 3.8) is 0 Å². The SMILES string of the molecule is CC(C1CC1)N(Cc1ccccc1)C(=O)c1ccc(N)cn1. The molecular formula is C18H21N3O. The third-order valence-corrected chi connectivity index (χ3v) is 4.26. The summed E-state index contributed by atoms with van der Waals surface area (Å²) in [6.45, 7) is 2.75. The predicted molar refractivity (Wildman–Crippen MR) is 87.2 cm³/mol. The van der Waals surface area contributed by atoms with Crippen LogP contribution in [0.25, 0.3) is 0 Å². The Morgan fingerprint density at radius 3 is 2.59 bits per heavy atom. The summed E-state index contributed by atoms with van der Waals surface area (Å²) in [6.07, 6.45) is 3.94. The third-order valence-electron chi connectivity index (χ3n) is 4.26. The van der Waals surface area contributed by atoms with Crippen molar-refractivity contribution in [3.05, 3.63) is 59.9 Å². The van der Waals surface area contributed by atoms with Crippen molar-refractivity contribution in [1.82, 2.24) is 9.88 Å². The van der Waals surface area contributed by atoms with Gasteiger partial charge in [0.15, 0.2) is 0 Å². The zero-order chi connectivity index (χ0) is 15.5. The molecule has 0 saturated heterocycles. The zero-order valence-corrected chi connectivity index (χ0v) is 12.8. The van der Waals surface area contributed by atoms with Crippen LogP contribution < -0.4 is 5.73 Å². The van der Waals surface area contributed by atoms with Gasteiger partial charge in [-0.05, 0) is 43.4 Å². The van der Waals surface area contributed by atoms with E-state index in [1.165, 1.54) is 19.0 Å². The number of carbonyl (C=O) groups is 1. The molecule has 1 amide bonds. The number of hydrogen-bond acceptors (Lipinski definition) is 3. The third kappa shape index (κ3) is 3.27. The fraction of sp³-hybridized carbons (Fsp3) is 0.333. The van der Waals surface area contributed by atoms with Gasteiger partial charge in [-0.1, -0.05) is 30.3 Å². The highest BCUT2D eigenvalue weighted by Gasteiger charge is 2.34. The molecule has 1 aromatic carbocycles. The first-order valence-electron chi connectivity index (χ1n) is 7.71. The standard InChI is InChI=1S/C18H21N3O/c1-13(15-7-8-15)21(12-14-5-3-2-4-6-14)18(22)17-10-9-16(19)11-20-17/h2-6,9-11,13,15H,7-8,12,19H2,1H3. The van der Waals surface area contributed by atoms with Crippen molar-refractivity contribution < 1.29 is 4.79 Å². The van der Waals surface area contributed by atoms with Gasteiger partial charge in [-0.2, -0.15) is 0 Å². The van der Waals surface area contributed by atoms with Crippen molar-refractivity contribution in [2.24, 2.45) is 5.92 Å². The van der Waals surface area contributed by atoms with Gasteiger partial charge < -0.3 is 10.6 Å². The second kappa shape index (κ2) is 6.18. The van der Waals surface area contributed by atoms with Gasteiger partial charge >= 0.3 is 0 Å². The van der Waals surface area contributed by atoms with E-state index in [0.717, 1.165) is 5.56 Å². The maximum absolute atomic E-state index is 12.9. The van der Waals surface area contributed by atoms with Crippen LogP contribution >= 0.6 is 0 Å². The summed E-state index contributed by atoms with van der Waals surface area (Å²) in [7, 11) is 0. The zero-order valence-electron chi connectivity index (χ0n) is 12.8. The molecule has 1 atom stereocenters. The van der Waals surface area contributed by atoms with E-state index in [1.807, 2.05) is 23.1 Å². The second-order valence-electron chi connectivity index (χ2n) is 5.97. The summed E-state index contributed by atoms with van der Waals surface area (Å²) in [4.78, 5) is 19.0. The highest BCUT2D eigenvalue weighted by Crippen LogP contribution is 2.36. The number of nitrogens with two attached hydrogens (primary N) is 1. The Morgan fingerprint density at radius 2 is 2.00 bits per heavy atom. The minimum atomic E-state index is -0.0248. The average molecular weight is 295 g/mol. The number of anilines is 1. The van der Waals surface area contributed by atoms with Crippen molar-refractivity contribution in [1.29, 1.82) is 0 Å². The smallest absolute Gasteiger partial charge is 0.272 e. The second-order valence-corrected chi connectivity index (χ2v) is 5.97. The number of aromatic nitrogens is 1. The molecule has 4 heteroatoms.